The highest BCUT2D eigenvalue weighted by atomic mass is 16.6. The molecule has 0 aliphatic heterocycles. The van der Waals surface area contributed by atoms with Crippen LogP contribution in [0.5, 0.6) is 0 Å². The van der Waals surface area contributed by atoms with Gasteiger partial charge in [-0.3, -0.25) is 24.5 Å². The Hall–Kier alpha value is -4.29. The van der Waals surface area contributed by atoms with Crippen LogP contribution >= 0.6 is 0 Å². The second kappa shape index (κ2) is 13.4. The second-order valence-electron chi connectivity index (χ2n) is 10.7. The molecule has 4 amide bonds. The van der Waals surface area contributed by atoms with Crippen molar-refractivity contribution >= 4 is 29.8 Å². The van der Waals surface area contributed by atoms with Crippen molar-refractivity contribution in [1.29, 1.82) is 0 Å². The number of aliphatic hydroxyl groups is 1. The zero-order valence-corrected chi connectivity index (χ0v) is 23.4. The van der Waals surface area contributed by atoms with Crippen LogP contribution in [0.1, 0.15) is 51.2 Å². The van der Waals surface area contributed by atoms with Crippen molar-refractivity contribution in [3.05, 3.63) is 59.7 Å². The van der Waals surface area contributed by atoms with E-state index in [2.05, 4.69) is 16.0 Å². The maximum absolute atomic E-state index is 13.0. The Morgan fingerprint density at radius 2 is 1.49 bits per heavy atom. The molecule has 3 atom stereocenters. The highest BCUT2D eigenvalue weighted by Gasteiger charge is 2.34. The maximum atomic E-state index is 13.0. The van der Waals surface area contributed by atoms with Crippen molar-refractivity contribution in [3.63, 3.8) is 0 Å². The third kappa shape index (κ3) is 8.35. The molecule has 12 nitrogen and oxygen atoms in total. The number of alkyl carbamates (subject to hydrolysis) is 1. The lowest BCUT2D eigenvalue weighted by Crippen LogP contribution is -2.58. The summed E-state index contributed by atoms with van der Waals surface area (Å²) in [4.78, 5) is 62.8. The van der Waals surface area contributed by atoms with E-state index < -0.39 is 66.5 Å². The van der Waals surface area contributed by atoms with Crippen LogP contribution in [0, 0.1) is 0 Å². The number of hydrogen-bond donors (Lipinski definition) is 5. The van der Waals surface area contributed by atoms with Gasteiger partial charge in [-0.1, -0.05) is 48.5 Å². The molecule has 0 fully saturated rings. The average Bonchev–Trinajstić information content (AvgIpc) is 3.22. The van der Waals surface area contributed by atoms with Crippen molar-refractivity contribution in [2.24, 2.45) is 5.73 Å². The molecule has 0 saturated heterocycles. The summed E-state index contributed by atoms with van der Waals surface area (Å²) < 4.78 is 10.6. The van der Waals surface area contributed by atoms with Crippen molar-refractivity contribution in [1.82, 2.24) is 16.0 Å². The zero-order chi connectivity index (χ0) is 30.3. The minimum atomic E-state index is -1.59. The maximum Gasteiger partial charge on any atom is 0.413 e. The van der Waals surface area contributed by atoms with E-state index in [9.17, 15) is 29.1 Å². The van der Waals surface area contributed by atoms with E-state index in [0.29, 0.717) is 0 Å². The van der Waals surface area contributed by atoms with Gasteiger partial charge in [0.1, 0.15) is 24.3 Å². The summed E-state index contributed by atoms with van der Waals surface area (Å²) in [6, 6.07) is 12.4. The molecule has 0 radical (unpaired) electrons. The lowest BCUT2D eigenvalue weighted by molar-refractivity contribution is -0.156. The van der Waals surface area contributed by atoms with E-state index in [4.69, 9.17) is 15.2 Å². The second-order valence-corrected chi connectivity index (χ2v) is 10.7. The van der Waals surface area contributed by atoms with Crippen molar-refractivity contribution in [2.45, 2.75) is 63.8 Å². The fraction of sp³-hybridized carbons (Fsp3) is 0.414. The Kier molecular flexibility index (Phi) is 10.2. The van der Waals surface area contributed by atoms with Crippen LogP contribution in [0.4, 0.5) is 4.79 Å². The quantitative estimate of drug-likeness (QED) is 0.262. The first-order valence-corrected chi connectivity index (χ1v) is 13.2. The summed E-state index contributed by atoms with van der Waals surface area (Å²) >= 11 is 0. The molecule has 0 spiro atoms. The number of benzene rings is 2. The number of esters is 1. The van der Waals surface area contributed by atoms with E-state index >= 15 is 0 Å². The minimum Gasteiger partial charge on any atom is -0.460 e. The molecule has 2 aromatic carbocycles. The van der Waals surface area contributed by atoms with Gasteiger partial charge in [-0.05, 0) is 49.9 Å². The van der Waals surface area contributed by atoms with Gasteiger partial charge in [0.2, 0.25) is 11.8 Å². The standard InChI is InChI=1S/C29H36N4O8/c1-16(34)25(32-23(35)14-30)27(38)31-22(13-24(36)41-29(2,3)4)26(37)33-28(39)40-15-21-19-11-7-5-9-17(19)18-10-6-8-12-20(18)21/h5-12,16,21-22,25,34H,13-15,30H2,1-4H3,(H,31,38)(H,32,35)(H,33,37,39)/t16-,22+,25+/m1/s1. The fourth-order valence-electron chi connectivity index (χ4n) is 4.48. The number of fused-ring (bicyclic) bond motifs is 3. The molecule has 2 aromatic rings. The lowest BCUT2D eigenvalue weighted by Gasteiger charge is -2.25. The minimum absolute atomic E-state index is 0.0640. The van der Waals surface area contributed by atoms with Crippen LogP contribution in [0.15, 0.2) is 48.5 Å². The summed E-state index contributed by atoms with van der Waals surface area (Å²) in [5, 5.41) is 16.6. The number of carbonyl (C=O) groups is 5. The normalized spacial score (nSPS) is 14.5. The Morgan fingerprint density at radius 3 is 2.00 bits per heavy atom. The van der Waals surface area contributed by atoms with Crippen LogP contribution < -0.4 is 21.7 Å². The third-order valence-corrected chi connectivity index (χ3v) is 6.26. The summed E-state index contributed by atoms with van der Waals surface area (Å²) in [6.45, 7) is 5.62. The first kappa shape index (κ1) is 31.2. The van der Waals surface area contributed by atoms with E-state index in [1.54, 1.807) is 20.8 Å². The largest absolute Gasteiger partial charge is 0.460 e. The molecule has 0 heterocycles. The van der Waals surface area contributed by atoms with Crippen LogP contribution in [0.25, 0.3) is 11.1 Å². The van der Waals surface area contributed by atoms with Crippen molar-refractivity contribution < 1.29 is 38.6 Å². The van der Waals surface area contributed by atoms with E-state index in [1.165, 1.54) is 6.92 Å². The molecule has 1 aliphatic rings. The Bertz CT molecular complexity index is 1260. The van der Waals surface area contributed by atoms with Gasteiger partial charge in [0, 0.05) is 5.92 Å². The Morgan fingerprint density at radius 1 is 0.927 bits per heavy atom. The highest BCUT2D eigenvalue weighted by Crippen LogP contribution is 2.44. The van der Waals surface area contributed by atoms with Gasteiger partial charge in [0.05, 0.1) is 19.1 Å². The molecule has 3 rings (SSSR count). The van der Waals surface area contributed by atoms with E-state index in [0.717, 1.165) is 22.3 Å². The van der Waals surface area contributed by atoms with Gasteiger partial charge >= 0.3 is 12.1 Å². The van der Waals surface area contributed by atoms with Crippen LogP contribution in [0.2, 0.25) is 0 Å². The predicted molar refractivity (Wildman–Crippen MR) is 148 cm³/mol. The highest BCUT2D eigenvalue weighted by molar-refractivity contribution is 5.99. The number of nitrogens with one attached hydrogen (secondary N) is 3. The van der Waals surface area contributed by atoms with Crippen LogP contribution in [-0.4, -0.2) is 71.8 Å². The summed E-state index contributed by atoms with van der Waals surface area (Å²) in [5.41, 5.74) is 8.41. The Labute approximate surface area is 238 Å². The first-order valence-electron chi connectivity index (χ1n) is 13.2. The van der Waals surface area contributed by atoms with Gasteiger partial charge in [0.15, 0.2) is 0 Å². The lowest BCUT2D eigenvalue weighted by atomic mass is 9.98. The number of imide groups is 1. The smallest absolute Gasteiger partial charge is 0.413 e. The van der Waals surface area contributed by atoms with Crippen molar-refractivity contribution in [2.75, 3.05) is 13.2 Å². The number of carbonyl (C=O) groups excluding carboxylic acids is 5. The van der Waals surface area contributed by atoms with Gasteiger partial charge in [-0.2, -0.15) is 0 Å². The van der Waals surface area contributed by atoms with Crippen molar-refractivity contribution in [3.8, 4) is 11.1 Å². The third-order valence-electron chi connectivity index (χ3n) is 6.26. The monoisotopic (exact) mass is 568 g/mol. The molecule has 0 bridgehead atoms. The summed E-state index contributed by atoms with van der Waals surface area (Å²) in [7, 11) is 0. The molecule has 0 saturated carbocycles. The van der Waals surface area contributed by atoms with Gasteiger partial charge < -0.3 is 30.9 Å². The Balaban J connectivity index is 1.71. The number of amides is 4. The van der Waals surface area contributed by atoms with Gasteiger partial charge in [-0.15, -0.1) is 0 Å². The predicted octanol–water partition coefficient (Wildman–Crippen LogP) is 1.09. The van der Waals surface area contributed by atoms with Crippen LogP contribution in [-0.2, 0) is 28.7 Å². The fourth-order valence-corrected chi connectivity index (χ4v) is 4.48. The molecular formula is C29H36N4O8. The van der Waals surface area contributed by atoms with Crippen LogP contribution in [0.3, 0.4) is 0 Å². The molecule has 6 N–H and O–H groups in total. The molecular weight excluding hydrogens is 532 g/mol. The molecule has 0 unspecified atom stereocenters. The average molecular weight is 569 g/mol. The molecule has 220 valence electrons. The number of hydrogen-bond acceptors (Lipinski definition) is 9. The first-order chi connectivity index (χ1) is 19.3. The topological polar surface area (TPSA) is 186 Å². The van der Waals surface area contributed by atoms with E-state index in [1.807, 2.05) is 48.5 Å². The zero-order valence-electron chi connectivity index (χ0n) is 23.4. The molecule has 0 aromatic heterocycles. The summed E-state index contributed by atoms with van der Waals surface area (Å²) in [5.74, 6) is -3.82. The van der Waals surface area contributed by atoms with E-state index in [-0.39, 0.29) is 12.5 Å². The SMILES string of the molecule is C[C@@H](O)[C@H](NC(=O)CN)C(=O)N[C@@H](CC(=O)OC(C)(C)C)C(=O)NC(=O)OCC1c2ccccc2-c2ccccc21. The summed E-state index contributed by atoms with van der Waals surface area (Å²) in [6.07, 6.45) is -3.08. The number of rotatable bonds is 10. The number of ether oxygens (including phenoxy) is 2. The molecule has 12 heteroatoms. The number of aliphatic hydroxyl groups excluding tert-OH is 1. The van der Waals surface area contributed by atoms with Gasteiger partial charge in [0.25, 0.3) is 5.91 Å². The number of nitrogens with two attached hydrogens (primary N) is 1. The molecule has 1 aliphatic carbocycles. The molecule has 41 heavy (non-hydrogen) atoms. The van der Waals surface area contributed by atoms with Gasteiger partial charge in [-0.25, -0.2) is 4.79 Å².